The van der Waals surface area contributed by atoms with E-state index in [1.807, 2.05) is 0 Å². The number of carbonyl (C=O) groups is 1. The third kappa shape index (κ3) is 2.22. The van der Waals surface area contributed by atoms with Gasteiger partial charge in [0.2, 0.25) is 5.91 Å². The van der Waals surface area contributed by atoms with E-state index in [2.05, 4.69) is 20.1 Å². The van der Waals surface area contributed by atoms with Gasteiger partial charge in [-0.25, -0.2) is 4.68 Å². The smallest absolute Gasteiger partial charge is 0.267 e. The van der Waals surface area contributed by atoms with Crippen molar-refractivity contribution in [1.29, 1.82) is 0 Å². The van der Waals surface area contributed by atoms with E-state index in [1.54, 1.807) is 13.0 Å². The van der Waals surface area contributed by atoms with E-state index < -0.39 is 6.04 Å². The Balaban J connectivity index is 1.85. The van der Waals surface area contributed by atoms with Crippen LogP contribution in [0, 0.1) is 0 Å². The standard InChI is InChI=1S/C13H14N4O3/c1-8(13(19)14-11-5-6-20-16-11)17-12(18)7-9-3-2-4-10(9)15-17/h5-8H,2-4H2,1H3,(H,14,16,19). The minimum atomic E-state index is -0.704. The Hall–Kier alpha value is -2.44. The molecule has 0 saturated carbocycles. The van der Waals surface area contributed by atoms with E-state index in [0.717, 1.165) is 30.5 Å². The van der Waals surface area contributed by atoms with Gasteiger partial charge in [-0.1, -0.05) is 5.16 Å². The first-order chi connectivity index (χ1) is 9.65. The van der Waals surface area contributed by atoms with Crippen molar-refractivity contribution in [3.05, 3.63) is 40.0 Å². The van der Waals surface area contributed by atoms with Crippen molar-refractivity contribution in [2.24, 2.45) is 0 Å². The number of aromatic nitrogens is 3. The molecule has 104 valence electrons. The predicted molar refractivity (Wildman–Crippen MR) is 70.4 cm³/mol. The van der Waals surface area contributed by atoms with Crippen molar-refractivity contribution in [1.82, 2.24) is 14.9 Å². The highest BCUT2D eigenvalue weighted by molar-refractivity contribution is 5.92. The molecule has 0 aromatic carbocycles. The number of hydrogen-bond donors (Lipinski definition) is 1. The Morgan fingerprint density at radius 3 is 3.10 bits per heavy atom. The second kappa shape index (κ2) is 4.92. The Morgan fingerprint density at radius 1 is 1.50 bits per heavy atom. The minimum Gasteiger partial charge on any atom is -0.363 e. The quantitative estimate of drug-likeness (QED) is 0.898. The van der Waals surface area contributed by atoms with Crippen molar-refractivity contribution in [2.45, 2.75) is 32.2 Å². The number of anilines is 1. The van der Waals surface area contributed by atoms with E-state index in [4.69, 9.17) is 0 Å². The van der Waals surface area contributed by atoms with E-state index in [0.29, 0.717) is 5.82 Å². The third-order valence-corrected chi connectivity index (χ3v) is 3.42. The first kappa shape index (κ1) is 12.6. The largest absolute Gasteiger partial charge is 0.363 e. The van der Waals surface area contributed by atoms with Gasteiger partial charge in [0.25, 0.3) is 5.56 Å². The summed E-state index contributed by atoms with van der Waals surface area (Å²) in [6.45, 7) is 1.63. The van der Waals surface area contributed by atoms with Crippen molar-refractivity contribution in [2.75, 3.05) is 5.32 Å². The minimum absolute atomic E-state index is 0.256. The number of nitrogens with zero attached hydrogens (tertiary/aromatic N) is 3. The van der Waals surface area contributed by atoms with Gasteiger partial charge in [-0.15, -0.1) is 0 Å². The molecule has 2 heterocycles. The molecule has 2 aromatic heterocycles. The second-order valence-electron chi connectivity index (χ2n) is 4.80. The number of hydrogen-bond acceptors (Lipinski definition) is 5. The van der Waals surface area contributed by atoms with Crippen LogP contribution in [0.4, 0.5) is 5.82 Å². The maximum atomic E-state index is 12.1. The Labute approximate surface area is 114 Å². The van der Waals surface area contributed by atoms with E-state index in [9.17, 15) is 9.59 Å². The van der Waals surface area contributed by atoms with Crippen LogP contribution in [-0.4, -0.2) is 20.8 Å². The molecule has 7 nitrogen and oxygen atoms in total. The van der Waals surface area contributed by atoms with E-state index >= 15 is 0 Å². The summed E-state index contributed by atoms with van der Waals surface area (Å²) in [6, 6.07) is 2.41. The second-order valence-corrected chi connectivity index (χ2v) is 4.80. The molecule has 0 spiro atoms. The van der Waals surface area contributed by atoms with Crippen LogP contribution in [0.25, 0.3) is 0 Å². The molecule has 1 aliphatic rings. The summed E-state index contributed by atoms with van der Waals surface area (Å²) in [6.07, 6.45) is 4.11. The average molecular weight is 274 g/mol. The van der Waals surface area contributed by atoms with Crippen molar-refractivity contribution >= 4 is 11.7 Å². The molecule has 1 N–H and O–H groups in total. The Morgan fingerprint density at radius 2 is 2.35 bits per heavy atom. The van der Waals surface area contributed by atoms with Gasteiger partial charge in [-0.05, 0) is 31.7 Å². The molecule has 3 rings (SSSR count). The molecule has 1 aliphatic carbocycles. The number of nitrogens with one attached hydrogen (secondary N) is 1. The Kier molecular flexibility index (Phi) is 3.09. The normalized spacial score (nSPS) is 14.8. The van der Waals surface area contributed by atoms with E-state index in [1.165, 1.54) is 17.0 Å². The van der Waals surface area contributed by atoms with Gasteiger partial charge in [0.05, 0.1) is 5.69 Å². The molecular formula is C13H14N4O3. The lowest BCUT2D eigenvalue weighted by atomic mass is 10.2. The van der Waals surface area contributed by atoms with Gasteiger partial charge >= 0.3 is 0 Å². The first-order valence-corrected chi connectivity index (χ1v) is 6.48. The van der Waals surface area contributed by atoms with Crippen molar-refractivity contribution < 1.29 is 9.32 Å². The van der Waals surface area contributed by atoms with Gasteiger partial charge in [0.15, 0.2) is 5.82 Å². The molecule has 0 saturated heterocycles. The molecule has 0 aliphatic heterocycles. The van der Waals surface area contributed by atoms with Gasteiger partial charge in [0.1, 0.15) is 12.3 Å². The lowest BCUT2D eigenvalue weighted by molar-refractivity contribution is -0.119. The summed E-state index contributed by atoms with van der Waals surface area (Å²) in [5.74, 6) is -0.0393. The van der Waals surface area contributed by atoms with Crippen LogP contribution in [0.1, 0.15) is 30.6 Å². The zero-order valence-electron chi connectivity index (χ0n) is 11.0. The number of amides is 1. The van der Waals surface area contributed by atoms with Crippen LogP contribution in [0.2, 0.25) is 0 Å². The molecule has 0 fully saturated rings. The van der Waals surface area contributed by atoms with Gasteiger partial charge < -0.3 is 9.84 Å². The number of carbonyl (C=O) groups excluding carboxylic acids is 1. The lowest BCUT2D eigenvalue weighted by Crippen LogP contribution is -2.34. The highest BCUT2D eigenvalue weighted by Crippen LogP contribution is 2.18. The highest BCUT2D eigenvalue weighted by Gasteiger charge is 2.21. The zero-order chi connectivity index (χ0) is 14.1. The van der Waals surface area contributed by atoms with Crippen LogP contribution >= 0.6 is 0 Å². The summed E-state index contributed by atoms with van der Waals surface area (Å²) in [5.41, 5.74) is 1.65. The van der Waals surface area contributed by atoms with Crippen LogP contribution in [0.15, 0.2) is 27.7 Å². The molecule has 7 heteroatoms. The van der Waals surface area contributed by atoms with Crippen LogP contribution in [-0.2, 0) is 17.6 Å². The molecule has 1 unspecified atom stereocenters. The van der Waals surface area contributed by atoms with E-state index in [-0.39, 0.29) is 11.5 Å². The third-order valence-electron chi connectivity index (χ3n) is 3.42. The fourth-order valence-electron chi connectivity index (χ4n) is 2.31. The lowest BCUT2D eigenvalue weighted by Gasteiger charge is -2.13. The molecule has 0 radical (unpaired) electrons. The number of fused-ring (bicyclic) bond motifs is 1. The summed E-state index contributed by atoms with van der Waals surface area (Å²) in [4.78, 5) is 24.1. The maximum Gasteiger partial charge on any atom is 0.267 e. The summed E-state index contributed by atoms with van der Waals surface area (Å²) < 4.78 is 5.86. The number of aryl methyl sites for hydroxylation is 2. The Bertz CT molecular complexity index is 690. The van der Waals surface area contributed by atoms with Crippen molar-refractivity contribution in [3.8, 4) is 0 Å². The summed E-state index contributed by atoms with van der Waals surface area (Å²) in [5, 5.41) is 10.5. The fraction of sp³-hybridized carbons (Fsp3) is 0.385. The molecule has 20 heavy (non-hydrogen) atoms. The molecule has 2 aromatic rings. The fourth-order valence-corrected chi connectivity index (χ4v) is 2.31. The summed E-state index contributed by atoms with van der Waals surface area (Å²) >= 11 is 0. The topological polar surface area (TPSA) is 90.0 Å². The SMILES string of the molecule is CC(C(=O)Nc1ccon1)n1nc2c(cc1=O)CCC2. The van der Waals surface area contributed by atoms with Crippen molar-refractivity contribution in [3.63, 3.8) is 0 Å². The average Bonchev–Trinajstić information content (AvgIpc) is 3.07. The van der Waals surface area contributed by atoms with Gasteiger partial charge in [-0.2, -0.15) is 5.10 Å². The van der Waals surface area contributed by atoms with Gasteiger partial charge in [0, 0.05) is 12.1 Å². The monoisotopic (exact) mass is 274 g/mol. The molecule has 1 amide bonds. The number of rotatable bonds is 3. The summed E-state index contributed by atoms with van der Waals surface area (Å²) in [7, 11) is 0. The molecule has 1 atom stereocenters. The van der Waals surface area contributed by atoms with Crippen LogP contribution in [0.5, 0.6) is 0 Å². The predicted octanol–water partition coefficient (Wildman–Crippen LogP) is 0.920. The first-order valence-electron chi connectivity index (χ1n) is 6.48. The highest BCUT2D eigenvalue weighted by atomic mass is 16.5. The van der Waals surface area contributed by atoms with Gasteiger partial charge in [-0.3, -0.25) is 9.59 Å². The molecular weight excluding hydrogens is 260 g/mol. The van der Waals surface area contributed by atoms with Crippen LogP contribution < -0.4 is 10.9 Å². The van der Waals surface area contributed by atoms with Crippen LogP contribution in [0.3, 0.4) is 0 Å². The zero-order valence-corrected chi connectivity index (χ0v) is 11.0. The molecule has 0 bridgehead atoms. The maximum absolute atomic E-state index is 12.1.